The summed E-state index contributed by atoms with van der Waals surface area (Å²) in [5, 5.41) is 0.201. The first-order chi connectivity index (χ1) is 12.3. The number of anilines is 1. The Morgan fingerprint density at radius 3 is 2.58 bits per heavy atom. The fraction of sp³-hybridized carbons (Fsp3) is 0.312. The van der Waals surface area contributed by atoms with Gasteiger partial charge in [-0.05, 0) is 18.6 Å². The highest BCUT2D eigenvalue weighted by Gasteiger charge is 2.22. The van der Waals surface area contributed by atoms with Gasteiger partial charge in [-0.1, -0.05) is 18.5 Å². The third-order valence-corrected chi connectivity index (χ3v) is 3.83. The maximum absolute atomic E-state index is 12.4. The van der Waals surface area contributed by atoms with Gasteiger partial charge >= 0.3 is 11.7 Å². The largest absolute Gasteiger partial charge is 0.454 e. The van der Waals surface area contributed by atoms with Crippen LogP contribution in [-0.2, 0) is 18.3 Å². The number of carbonyl (C=O) groups excluding carboxylic acids is 2. The van der Waals surface area contributed by atoms with Crippen LogP contribution >= 0.6 is 11.6 Å². The van der Waals surface area contributed by atoms with Crippen LogP contribution < -0.4 is 17.0 Å². The summed E-state index contributed by atoms with van der Waals surface area (Å²) in [6.07, 6.45) is 1.78. The van der Waals surface area contributed by atoms with E-state index in [1.54, 1.807) is 0 Å². The molecule has 2 aromatic heterocycles. The van der Waals surface area contributed by atoms with Crippen molar-refractivity contribution >= 4 is 29.2 Å². The molecule has 0 amide bonds. The van der Waals surface area contributed by atoms with Crippen molar-refractivity contribution in [1.29, 1.82) is 0 Å². The van der Waals surface area contributed by atoms with Crippen molar-refractivity contribution in [3.8, 4) is 0 Å². The molecule has 0 spiro atoms. The Labute approximate surface area is 153 Å². The minimum Gasteiger partial charge on any atom is -0.454 e. The number of hydrogen-bond donors (Lipinski definition) is 1. The summed E-state index contributed by atoms with van der Waals surface area (Å²) in [5.74, 6) is -1.85. The van der Waals surface area contributed by atoms with Crippen LogP contribution in [0.4, 0.5) is 5.82 Å². The molecule has 10 heteroatoms. The van der Waals surface area contributed by atoms with Gasteiger partial charge in [0.2, 0.25) is 5.78 Å². The molecule has 2 rings (SSSR count). The summed E-state index contributed by atoms with van der Waals surface area (Å²) in [7, 11) is 1.25. The van der Waals surface area contributed by atoms with Gasteiger partial charge < -0.3 is 10.5 Å². The number of nitrogens with zero attached hydrogens (tertiary/aromatic N) is 3. The third-order valence-electron chi connectivity index (χ3n) is 3.61. The number of ketones is 1. The predicted molar refractivity (Wildman–Crippen MR) is 94.5 cm³/mol. The molecule has 2 heterocycles. The number of nitrogens with two attached hydrogens (primary N) is 1. The zero-order valence-corrected chi connectivity index (χ0v) is 14.9. The molecular formula is C16H17ClN4O5. The number of hydrogen-bond acceptors (Lipinski definition) is 7. The molecule has 138 valence electrons. The fourth-order valence-electron chi connectivity index (χ4n) is 2.27. The van der Waals surface area contributed by atoms with Gasteiger partial charge in [0.1, 0.15) is 16.5 Å². The minimum atomic E-state index is -0.839. The molecule has 0 radical (unpaired) electrons. The smallest absolute Gasteiger partial charge is 0.340 e. The number of rotatable bonds is 6. The number of halogens is 1. The van der Waals surface area contributed by atoms with Crippen molar-refractivity contribution in [3.05, 3.63) is 55.4 Å². The maximum Gasteiger partial charge on any atom is 0.340 e. The Morgan fingerprint density at radius 2 is 2.00 bits per heavy atom. The molecule has 2 N–H and O–H groups in total. The molecule has 26 heavy (non-hydrogen) atoms. The molecule has 2 aromatic rings. The van der Waals surface area contributed by atoms with Crippen molar-refractivity contribution < 1.29 is 14.3 Å². The zero-order valence-electron chi connectivity index (χ0n) is 14.2. The van der Waals surface area contributed by atoms with Gasteiger partial charge in [0, 0.05) is 19.8 Å². The second kappa shape index (κ2) is 7.96. The van der Waals surface area contributed by atoms with Gasteiger partial charge in [-0.3, -0.25) is 18.7 Å². The highest BCUT2D eigenvalue weighted by molar-refractivity contribution is 6.29. The highest BCUT2D eigenvalue weighted by atomic mass is 35.5. The Kier molecular flexibility index (Phi) is 5.93. The second-order valence-electron chi connectivity index (χ2n) is 5.43. The Balaban J connectivity index is 2.27. The molecule has 0 bridgehead atoms. The molecule has 0 fully saturated rings. The van der Waals surface area contributed by atoms with E-state index in [-0.39, 0.29) is 28.6 Å². The molecule has 0 aliphatic carbocycles. The molecule has 0 atom stereocenters. The molecular weight excluding hydrogens is 364 g/mol. The van der Waals surface area contributed by atoms with E-state index in [1.165, 1.54) is 25.4 Å². The van der Waals surface area contributed by atoms with Gasteiger partial charge in [-0.25, -0.2) is 14.6 Å². The highest BCUT2D eigenvalue weighted by Crippen LogP contribution is 2.09. The van der Waals surface area contributed by atoms with Crippen LogP contribution in [0, 0.1) is 0 Å². The Bertz CT molecular complexity index is 962. The summed E-state index contributed by atoms with van der Waals surface area (Å²) in [5.41, 5.74) is 4.09. The minimum absolute atomic E-state index is 0.0963. The number of ether oxygens (including phenoxy) is 1. The first-order valence-corrected chi connectivity index (χ1v) is 8.06. The molecule has 0 aliphatic rings. The number of nitrogen functional groups attached to an aromatic ring is 1. The van der Waals surface area contributed by atoms with E-state index in [0.717, 1.165) is 9.13 Å². The third kappa shape index (κ3) is 3.83. The normalized spacial score (nSPS) is 10.6. The van der Waals surface area contributed by atoms with Gasteiger partial charge in [0.15, 0.2) is 6.61 Å². The van der Waals surface area contributed by atoms with E-state index >= 15 is 0 Å². The van der Waals surface area contributed by atoms with Crippen LogP contribution in [0.15, 0.2) is 27.9 Å². The molecule has 0 saturated heterocycles. The van der Waals surface area contributed by atoms with Gasteiger partial charge in [-0.2, -0.15) is 0 Å². The lowest BCUT2D eigenvalue weighted by Gasteiger charge is -2.13. The first kappa shape index (κ1) is 19.4. The fourth-order valence-corrected chi connectivity index (χ4v) is 2.38. The Morgan fingerprint density at radius 1 is 1.31 bits per heavy atom. The van der Waals surface area contributed by atoms with E-state index in [9.17, 15) is 19.2 Å². The number of Topliss-reactive ketones (excluding diaryl/α,β-unsaturated/α-hetero) is 1. The quantitative estimate of drug-likeness (QED) is 0.442. The van der Waals surface area contributed by atoms with E-state index in [1.807, 2.05) is 6.92 Å². The zero-order chi connectivity index (χ0) is 19.4. The van der Waals surface area contributed by atoms with Crippen molar-refractivity contribution in [3.63, 3.8) is 0 Å². The number of esters is 1. The summed E-state index contributed by atoms with van der Waals surface area (Å²) >= 11 is 5.63. The standard InChI is InChI=1S/C16H17ClN4O5/c1-3-6-21-13(18)12(14(23)20(2)16(21)25)10(22)8-26-15(24)9-4-5-11(17)19-7-9/h4-5,7H,3,6,8,18H2,1-2H3. The van der Waals surface area contributed by atoms with E-state index in [4.69, 9.17) is 22.1 Å². The molecule has 0 aliphatic heterocycles. The summed E-state index contributed by atoms with van der Waals surface area (Å²) in [6, 6.07) is 2.78. The molecule has 0 saturated carbocycles. The van der Waals surface area contributed by atoms with Crippen LogP contribution in [-0.4, -0.2) is 32.5 Å². The first-order valence-electron chi connectivity index (χ1n) is 7.69. The van der Waals surface area contributed by atoms with Crippen molar-refractivity contribution in [2.24, 2.45) is 7.05 Å². The monoisotopic (exact) mass is 380 g/mol. The molecule has 0 aromatic carbocycles. The predicted octanol–water partition coefficient (Wildman–Crippen LogP) is 0.627. The lowest BCUT2D eigenvalue weighted by Crippen LogP contribution is -2.43. The van der Waals surface area contributed by atoms with E-state index in [0.29, 0.717) is 6.42 Å². The number of pyridine rings is 1. The summed E-state index contributed by atoms with van der Waals surface area (Å²) < 4.78 is 6.84. The lowest BCUT2D eigenvalue weighted by atomic mass is 10.2. The van der Waals surface area contributed by atoms with Crippen LogP contribution in [0.5, 0.6) is 0 Å². The SMILES string of the molecule is CCCn1c(N)c(C(=O)COC(=O)c2ccc(Cl)nc2)c(=O)n(C)c1=O. The van der Waals surface area contributed by atoms with Gasteiger partial charge in [0.25, 0.3) is 5.56 Å². The van der Waals surface area contributed by atoms with Gasteiger partial charge in [-0.15, -0.1) is 0 Å². The molecule has 0 unspecified atom stereocenters. The second-order valence-corrected chi connectivity index (χ2v) is 5.81. The van der Waals surface area contributed by atoms with Gasteiger partial charge in [0.05, 0.1) is 5.56 Å². The van der Waals surface area contributed by atoms with Crippen molar-refractivity contribution in [2.45, 2.75) is 19.9 Å². The maximum atomic E-state index is 12.4. The van der Waals surface area contributed by atoms with Crippen LogP contribution in [0.3, 0.4) is 0 Å². The van der Waals surface area contributed by atoms with Crippen LogP contribution in [0.1, 0.15) is 34.1 Å². The molecule has 9 nitrogen and oxygen atoms in total. The summed E-state index contributed by atoms with van der Waals surface area (Å²) in [4.78, 5) is 52.4. The topological polar surface area (TPSA) is 126 Å². The van der Waals surface area contributed by atoms with E-state index < -0.39 is 29.6 Å². The van der Waals surface area contributed by atoms with Crippen molar-refractivity contribution in [2.75, 3.05) is 12.3 Å². The summed E-state index contributed by atoms with van der Waals surface area (Å²) in [6.45, 7) is 1.36. The van der Waals surface area contributed by atoms with Crippen molar-refractivity contribution in [1.82, 2.24) is 14.1 Å². The lowest BCUT2D eigenvalue weighted by molar-refractivity contribution is 0.0473. The average molecular weight is 381 g/mol. The number of aromatic nitrogens is 3. The average Bonchev–Trinajstić information content (AvgIpc) is 2.62. The number of carbonyl (C=O) groups is 2. The van der Waals surface area contributed by atoms with E-state index in [2.05, 4.69) is 4.98 Å². The van der Waals surface area contributed by atoms with Crippen LogP contribution in [0.2, 0.25) is 5.15 Å². The Hall–Kier alpha value is -2.94. The van der Waals surface area contributed by atoms with Crippen LogP contribution in [0.25, 0.3) is 0 Å².